The smallest absolute Gasteiger partial charge is 0.354 e. The molecule has 0 spiro atoms. The van der Waals surface area contributed by atoms with Gasteiger partial charge in [0.2, 0.25) is 0 Å². The molecular weight excluding hydrogens is 265 g/mol. The molecule has 0 unspecified atom stereocenters. The van der Waals surface area contributed by atoms with Crippen LogP contribution < -0.4 is 4.74 Å². The summed E-state index contributed by atoms with van der Waals surface area (Å²) in [6.45, 7) is 0. The molecule has 0 radical (unpaired) electrons. The number of carboxylic acids is 1. The molecule has 1 aromatic heterocycles. The SMILES string of the molecule is COc1cc(C(=O)O)nc2c(Cl)cc(Cl)cc12. The van der Waals surface area contributed by atoms with Crippen molar-refractivity contribution in [1.29, 1.82) is 0 Å². The van der Waals surface area contributed by atoms with E-state index in [4.69, 9.17) is 33.0 Å². The van der Waals surface area contributed by atoms with Crippen LogP contribution >= 0.6 is 23.2 Å². The molecule has 0 atom stereocenters. The second kappa shape index (κ2) is 4.39. The van der Waals surface area contributed by atoms with Gasteiger partial charge in [-0.1, -0.05) is 23.2 Å². The number of carbonyl (C=O) groups is 1. The normalized spacial score (nSPS) is 10.5. The van der Waals surface area contributed by atoms with Crippen LogP contribution in [-0.4, -0.2) is 23.2 Å². The molecule has 2 aromatic rings. The molecule has 6 heteroatoms. The van der Waals surface area contributed by atoms with Gasteiger partial charge >= 0.3 is 5.97 Å². The first-order valence-electron chi connectivity index (χ1n) is 4.60. The summed E-state index contributed by atoms with van der Waals surface area (Å²) in [6, 6.07) is 4.46. The third kappa shape index (κ3) is 2.14. The van der Waals surface area contributed by atoms with Crippen LogP contribution in [0.1, 0.15) is 10.5 Å². The van der Waals surface area contributed by atoms with Gasteiger partial charge in [-0.05, 0) is 12.1 Å². The maximum Gasteiger partial charge on any atom is 0.354 e. The lowest BCUT2D eigenvalue weighted by atomic mass is 10.2. The van der Waals surface area contributed by atoms with Crippen LogP contribution in [0.2, 0.25) is 10.0 Å². The van der Waals surface area contributed by atoms with Crippen molar-refractivity contribution in [3.8, 4) is 5.75 Å². The van der Waals surface area contributed by atoms with Gasteiger partial charge in [0.1, 0.15) is 5.75 Å². The number of aromatic nitrogens is 1. The van der Waals surface area contributed by atoms with Gasteiger partial charge in [-0.3, -0.25) is 0 Å². The Morgan fingerprint density at radius 3 is 2.65 bits per heavy atom. The average molecular weight is 272 g/mol. The Hall–Kier alpha value is -1.52. The molecule has 1 aromatic carbocycles. The minimum atomic E-state index is -1.14. The van der Waals surface area contributed by atoms with Gasteiger partial charge in [-0.15, -0.1) is 0 Å². The first-order chi connectivity index (χ1) is 8.02. The molecule has 0 aliphatic heterocycles. The highest BCUT2D eigenvalue weighted by molar-refractivity contribution is 6.38. The Morgan fingerprint density at radius 1 is 1.35 bits per heavy atom. The van der Waals surface area contributed by atoms with E-state index in [2.05, 4.69) is 4.98 Å². The number of ether oxygens (including phenoxy) is 1. The van der Waals surface area contributed by atoms with E-state index < -0.39 is 5.97 Å². The van der Waals surface area contributed by atoms with Crippen molar-refractivity contribution in [3.05, 3.63) is 33.9 Å². The second-order valence-corrected chi connectivity index (χ2v) is 4.14. The Bertz CT molecular complexity index is 613. The number of halogens is 2. The molecule has 0 saturated carbocycles. The first-order valence-corrected chi connectivity index (χ1v) is 5.35. The molecule has 1 heterocycles. The highest BCUT2D eigenvalue weighted by Crippen LogP contribution is 2.33. The number of hydrogen-bond donors (Lipinski definition) is 1. The first kappa shape index (κ1) is 12.0. The zero-order valence-electron chi connectivity index (χ0n) is 8.70. The molecule has 88 valence electrons. The molecule has 0 bridgehead atoms. The van der Waals surface area contributed by atoms with Crippen molar-refractivity contribution in [2.75, 3.05) is 7.11 Å². The second-order valence-electron chi connectivity index (χ2n) is 3.30. The maximum absolute atomic E-state index is 10.9. The van der Waals surface area contributed by atoms with Crippen LogP contribution in [0.5, 0.6) is 5.75 Å². The van der Waals surface area contributed by atoms with Crippen LogP contribution in [0, 0.1) is 0 Å². The summed E-state index contributed by atoms with van der Waals surface area (Å²) < 4.78 is 5.11. The van der Waals surface area contributed by atoms with E-state index in [1.54, 1.807) is 6.07 Å². The molecular formula is C11H7Cl2NO3. The van der Waals surface area contributed by atoms with Crippen LogP contribution in [0.15, 0.2) is 18.2 Å². The Morgan fingerprint density at radius 2 is 2.06 bits per heavy atom. The Balaban J connectivity index is 2.87. The number of pyridine rings is 1. The summed E-state index contributed by atoms with van der Waals surface area (Å²) >= 11 is 11.8. The maximum atomic E-state index is 10.9. The third-order valence-electron chi connectivity index (χ3n) is 2.23. The van der Waals surface area contributed by atoms with E-state index in [-0.39, 0.29) is 10.7 Å². The number of rotatable bonds is 2. The van der Waals surface area contributed by atoms with Crippen molar-refractivity contribution in [3.63, 3.8) is 0 Å². The summed E-state index contributed by atoms with van der Waals surface area (Å²) in [7, 11) is 1.44. The molecule has 0 amide bonds. The molecule has 4 nitrogen and oxygen atoms in total. The zero-order chi connectivity index (χ0) is 12.6. The monoisotopic (exact) mass is 271 g/mol. The van der Waals surface area contributed by atoms with Gasteiger partial charge in [-0.25, -0.2) is 9.78 Å². The molecule has 2 rings (SSSR count). The van der Waals surface area contributed by atoms with Crippen LogP contribution in [-0.2, 0) is 0 Å². The van der Waals surface area contributed by atoms with Gasteiger partial charge in [-0.2, -0.15) is 0 Å². The summed E-state index contributed by atoms with van der Waals surface area (Å²) in [5.74, 6) is -0.770. The molecule has 17 heavy (non-hydrogen) atoms. The highest BCUT2D eigenvalue weighted by atomic mass is 35.5. The number of methoxy groups -OCH3 is 1. The number of hydrogen-bond acceptors (Lipinski definition) is 3. The summed E-state index contributed by atoms with van der Waals surface area (Å²) in [5, 5.41) is 10.2. The fourth-order valence-electron chi connectivity index (χ4n) is 1.50. The lowest BCUT2D eigenvalue weighted by Crippen LogP contribution is -2.02. The predicted octanol–water partition coefficient (Wildman–Crippen LogP) is 3.25. The van der Waals surface area contributed by atoms with E-state index in [9.17, 15) is 4.79 Å². The fourth-order valence-corrected chi connectivity index (χ4v) is 2.04. The van der Waals surface area contributed by atoms with Gasteiger partial charge < -0.3 is 9.84 Å². The predicted molar refractivity (Wildman–Crippen MR) is 65.3 cm³/mol. The van der Waals surface area contributed by atoms with Crippen molar-refractivity contribution >= 4 is 40.1 Å². The third-order valence-corrected chi connectivity index (χ3v) is 2.74. The molecule has 0 aliphatic rings. The number of nitrogens with zero attached hydrogens (tertiary/aromatic N) is 1. The van der Waals surface area contributed by atoms with Crippen molar-refractivity contribution in [2.24, 2.45) is 0 Å². The molecule has 1 N–H and O–H groups in total. The highest BCUT2D eigenvalue weighted by Gasteiger charge is 2.14. The minimum Gasteiger partial charge on any atom is -0.496 e. The summed E-state index contributed by atoms with van der Waals surface area (Å²) in [5.41, 5.74) is 0.228. The fraction of sp³-hybridized carbons (Fsp3) is 0.0909. The van der Waals surface area contributed by atoms with E-state index >= 15 is 0 Å². The van der Waals surface area contributed by atoms with Crippen LogP contribution in [0.25, 0.3) is 10.9 Å². The van der Waals surface area contributed by atoms with Crippen molar-refractivity contribution in [1.82, 2.24) is 4.98 Å². The molecule has 0 aliphatic carbocycles. The van der Waals surface area contributed by atoms with Crippen molar-refractivity contribution < 1.29 is 14.6 Å². The number of aromatic carboxylic acids is 1. The van der Waals surface area contributed by atoms with Crippen molar-refractivity contribution in [2.45, 2.75) is 0 Å². The molecule has 0 saturated heterocycles. The number of benzene rings is 1. The summed E-state index contributed by atoms with van der Waals surface area (Å²) in [4.78, 5) is 14.9. The Labute approximate surface area is 107 Å². The lowest BCUT2D eigenvalue weighted by Gasteiger charge is -2.08. The quantitative estimate of drug-likeness (QED) is 0.911. The molecule has 0 fully saturated rings. The average Bonchev–Trinajstić information content (AvgIpc) is 2.27. The van der Waals surface area contributed by atoms with Gasteiger partial charge in [0.25, 0.3) is 0 Å². The summed E-state index contributed by atoms with van der Waals surface area (Å²) in [6.07, 6.45) is 0. The van der Waals surface area contributed by atoms with Gasteiger partial charge in [0, 0.05) is 16.5 Å². The zero-order valence-corrected chi connectivity index (χ0v) is 10.2. The van der Waals surface area contributed by atoms with E-state index in [0.29, 0.717) is 21.7 Å². The lowest BCUT2D eigenvalue weighted by molar-refractivity contribution is 0.0690. The van der Waals surface area contributed by atoms with Crippen LogP contribution in [0.3, 0.4) is 0 Å². The van der Waals surface area contributed by atoms with Crippen LogP contribution in [0.4, 0.5) is 0 Å². The Kier molecular flexibility index (Phi) is 3.09. The topological polar surface area (TPSA) is 59.4 Å². The van der Waals surface area contributed by atoms with Gasteiger partial charge in [0.15, 0.2) is 5.69 Å². The van der Waals surface area contributed by atoms with Gasteiger partial charge in [0.05, 0.1) is 17.6 Å². The minimum absolute atomic E-state index is 0.126. The number of carboxylic acid groups (broad SMARTS) is 1. The van der Waals surface area contributed by atoms with E-state index in [1.165, 1.54) is 19.2 Å². The standard InChI is InChI=1S/C11H7Cl2NO3/c1-17-9-4-8(11(15)16)14-10-6(9)2-5(12)3-7(10)13/h2-4H,1H3,(H,15,16). The largest absolute Gasteiger partial charge is 0.496 e. The number of fused-ring (bicyclic) bond motifs is 1. The van der Waals surface area contributed by atoms with E-state index in [1.807, 2.05) is 0 Å². The van der Waals surface area contributed by atoms with E-state index in [0.717, 1.165) is 0 Å².